The van der Waals surface area contributed by atoms with E-state index >= 15 is 0 Å². The number of anilines is 1. The summed E-state index contributed by atoms with van der Waals surface area (Å²) in [6.45, 7) is 1.49. The van der Waals surface area contributed by atoms with Gasteiger partial charge in [0.1, 0.15) is 0 Å². The van der Waals surface area contributed by atoms with E-state index < -0.39 is 34.8 Å². The Bertz CT molecular complexity index is 896. The van der Waals surface area contributed by atoms with Crippen LogP contribution in [0.3, 0.4) is 0 Å². The number of halogens is 3. The molecule has 0 spiro atoms. The van der Waals surface area contributed by atoms with E-state index in [0.717, 1.165) is 23.5 Å². The van der Waals surface area contributed by atoms with E-state index in [0.29, 0.717) is 12.0 Å². The molecule has 1 heterocycles. The van der Waals surface area contributed by atoms with Crippen molar-refractivity contribution < 1.29 is 22.8 Å². The van der Waals surface area contributed by atoms with Crippen molar-refractivity contribution in [2.24, 2.45) is 0 Å². The summed E-state index contributed by atoms with van der Waals surface area (Å²) >= 11 is 0. The molecule has 0 aromatic heterocycles. The van der Waals surface area contributed by atoms with E-state index in [-0.39, 0.29) is 5.69 Å². The van der Waals surface area contributed by atoms with Gasteiger partial charge in [0.15, 0.2) is 5.54 Å². The van der Waals surface area contributed by atoms with Gasteiger partial charge in [0.2, 0.25) is 0 Å². The minimum atomic E-state index is -4.76. The monoisotopic (exact) mass is 361 g/mol. The molecule has 1 unspecified atom stereocenters. The molecule has 1 aromatic rings. The quantitative estimate of drug-likeness (QED) is 0.817. The molecule has 1 atom stereocenters. The highest BCUT2D eigenvalue weighted by Crippen LogP contribution is 2.40. The number of carbonyl (C=O) groups excluding carboxylic acids is 2. The average Bonchev–Trinajstić information content (AvgIpc) is 2.84. The third-order valence-corrected chi connectivity index (χ3v) is 4.56. The molecular weight excluding hydrogens is 347 g/mol. The van der Waals surface area contributed by atoms with Crippen LogP contribution in [0.25, 0.3) is 0 Å². The van der Waals surface area contributed by atoms with E-state index in [4.69, 9.17) is 5.26 Å². The zero-order valence-corrected chi connectivity index (χ0v) is 13.7. The van der Waals surface area contributed by atoms with Gasteiger partial charge in [0.05, 0.1) is 17.2 Å². The molecular formula is C18H14F3N3O2. The zero-order valence-electron chi connectivity index (χ0n) is 13.7. The molecule has 1 saturated heterocycles. The number of rotatable bonds is 2. The van der Waals surface area contributed by atoms with Crippen LogP contribution in [0.15, 0.2) is 42.0 Å². The second kappa shape index (κ2) is 6.02. The summed E-state index contributed by atoms with van der Waals surface area (Å²) in [5.74, 6) is -0.613. The average molecular weight is 361 g/mol. The first kappa shape index (κ1) is 17.7. The van der Waals surface area contributed by atoms with Crippen LogP contribution in [0.1, 0.15) is 30.9 Å². The lowest BCUT2D eigenvalue weighted by Crippen LogP contribution is -2.49. The van der Waals surface area contributed by atoms with Crippen molar-refractivity contribution in [3.8, 4) is 6.07 Å². The summed E-state index contributed by atoms with van der Waals surface area (Å²) in [7, 11) is 0. The predicted octanol–water partition coefficient (Wildman–Crippen LogP) is 3.67. The fraction of sp³-hybridized carbons (Fsp3) is 0.278. The number of allylic oxidation sites excluding steroid dienone is 2. The van der Waals surface area contributed by atoms with Gasteiger partial charge in [0.25, 0.3) is 5.91 Å². The van der Waals surface area contributed by atoms with Crippen molar-refractivity contribution >= 4 is 17.6 Å². The maximum Gasteiger partial charge on any atom is 0.417 e. The third-order valence-electron chi connectivity index (χ3n) is 4.56. The Kier molecular flexibility index (Phi) is 4.11. The van der Waals surface area contributed by atoms with E-state index in [1.165, 1.54) is 19.1 Å². The largest absolute Gasteiger partial charge is 0.417 e. The predicted molar refractivity (Wildman–Crippen MR) is 87.0 cm³/mol. The lowest BCUT2D eigenvalue weighted by molar-refractivity contribution is -0.137. The van der Waals surface area contributed by atoms with Crippen LogP contribution in [0.5, 0.6) is 0 Å². The summed E-state index contributed by atoms with van der Waals surface area (Å²) in [6, 6.07) is 3.64. The Morgan fingerprint density at radius 3 is 2.58 bits per heavy atom. The maximum atomic E-state index is 13.3. The van der Waals surface area contributed by atoms with E-state index in [1.54, 1.807) is 12.2 Å². The van der Waals surface area contributed by atoms with Crippen LogP contribution in [0.2, 0.25) is 0 Å². The highest BCUT2D eigenvalue weighted by atomic mass is 19.4. The van der Waals surface area contributed by atoms with Crippen LogP contribution >= 0.6 is 0 Å². The number of amides is 3. The topological polar surface area (TPSA) is 73.2 Å². The molecule has 1 aliphatic carbocycles. The molecule has 3 rings (SSSR count). The number of hydrogen-bond donors (Lipinski definition) is 1. The third kappa shape index (κ3) is 2.65. The summed E-state index contributed by atoms with van der Waals surface area (Å²) in [6.07, 6.45) is 2.01. The molecule has 8 heteroatoms. The Balaban J connectivity index is 2.16. The van der Waals surface area contributed by atoms with Crippen molar-refractivity contribution in [2.45, 2.75) is 31.5 Å². The molecule has 5 nitrogen and oxygen atoms in total. The highest BCUT2D eigenvalue weighted by molar-refractivity contribution is 6.18. The molecule has 26 heavy (non-hydrogen) atoms. The molecule has 0 saturated carbocycles. The number of nitriles is 1. The normalized spacial score (nSPS) is 22.9. The smallest absolute Gasteiger partial charge is 0.275 e. The molecule has 3 amide bonds. The number of nitrogens with one attached hydrogen (secondary N) is 1. The summed E-state index contributed by atoms with van der Waals surface area (Å²) < 4.78 is 39.8. The van der Waals surface area contributed by atoms with Gasteiger partial charge < -0.3 is 0 Å². The van der Waals surface area contributed by atoms with Gasteiger partial charge in [-0.2, -0.15) is 18.4 Å². The lowest BCUT2D eigenvalue weighted by Gasteiger charge is -2.34. The SMILES string of the molecule is CC1(C2=CCCC=C2)C(=O)NC(=O)N1c1ccc(C#N)c(C(F)(F)F)c1. The Labute approximate surface area is 147 Å². The van der Waals surface area contributed by atoms with E-state index in [9.17, 15) is 22.8 Å². The molecule has 1 aromatic carbocycles. The lowest BCUT2D eigenvalue weighted by atomic mass is 9.86. The van der Waals surface area contributed by atoms with E-state index in [2.05, 4.69) is 5.32 Å². The Morgan fingerprint density at radius 2 is 2.00 bits per heavy atom. The van der Waals surface area contributed by atoms with Crippen LogP contribution in [0, 0.1) is 11.3 Å². The van der Waals surface area contributed by atoms with Gasteiger partial charge in [-0.3, -0.25) is 15.0 Å². The second-order valence-electron chi connectivity index (χ2n) is 6.15. The fourth-order valence-electron chi connectivity index (χ4n) is 3.19. The molecule has 1 fully saturated rings. The zero-order chi connectivity index (χ0) is 19.1. The molecule has 0 radical (unpaired) electrons. The number of urea groups is 1. The second-order valence-corrected chi connectivity index (χ2v) is 6.15. The Morgan fingerprint density at radius 1 is 1.27 bits per heavy atom. The van der Waals surface area contributed by atoms with Crippen LogP contribution in [-0.2, 0) is 11.0 Å². The summed E-state index contributed by atoms with van der Waals surface area (Å²) in [5, 5.41) is 11.1. The van der Waals surface area contributed by atoms with Crippen LogP contribution in [0.4, 0.5) is 23.7 Å². The van der Waals surface area contributed by atoms with Gasteiger partial charge >= 0.3 is 12.2 Å². The highest BCUT2D eigenvalue weighted by Gasteiger charge is 2.52. The standard InChI is InChI=1S/C18H14F3N3O2/c1-17(12-5-3-2-4-6-12)15(25)23-16(26)24(17)13-8-7-11(10-22)14(9-13)18(19,20)21/h3,5-9H,2,4H2,1H3,(H,23,25,26). The number of alkyl halides is 3. The number of hydrogen-bond acceptors (Lipinski definition) is 3. The van der Waals surface area contributed by atoms with Crippen LogP contribution < -0.4 is 10.2 Å². The van der Waals surface area contributed by atoms with Crippen molar-refractivity contribution in [3.63, 3.8) is 0 Å². The fourth-order valence-corrected chi connectivity index (χ4v) is 3.19. The van der Waals surface area contributed by atoms with Gasteiger partial charge in [-0.1, -0.05) is 18.2 Å². The molecule has 1 aliphatic heterocycles. The first-order valence-electron chi connectivity index (χ1n) is 7.83. The van der Waals surface area contributed by atoms with E-state index in [1.807, 2.05) is 6.08 Å². The van der Waals surface area contributed by atoms with Crippen molar-refractivity contribution in [2.75, 3.05) is 4.90 Å². The van der Waals surface area contributed by atoms with Gasteiger partial charge in [-0.15, -0.1) is 0 Å². The number of imide groups is 1. The minimum absolute atomic E-state index is 0.109. The maximum absolute atomic E-state index is 13.3. The number of nitrogens with zero attached hydrogens (tertiary/aromatic N) is 2. The van der Waals surface area contributed by atoms with Crippen molar-refractivity contribution in [1.29, 1.82) is 5.26 Å². The number of benzene rings is 1. The minimum Gasteiger partial charge on any atom is -0.275 e. The molecule has 2 aliphatic rings. The first-order chi connectivity index (χ1) is 12.2. The van der Waals surface area contributed by atoms with Gasteiger partial charge in [-0.05, 0) is 43.5 Å². The van der Waals surface area contributed by atoms with Crippen LogP contribution in [-0.4, -0.2) is 17.5 Å². The van der Waals surface area contributed by atoms with Gasteiger partial charge in [-0.25, -0.2) is 4.79 Å². The summed E-state index contributed by atoms with van der Waals surface area (Å²) in [5.41, 5.74) is -2.75. The molecule has 0 bridgehead atoms. The number of carbonyl (C=O) groups is 2. The van der Waals surface area contributed by atoms with Crippen molar-refractivity contribution in [3.05, 3.63) is 53.1 Å². The van der Waals surface area contributed by atoms with Gasteiger partial charge in [0, 0.05) is 5.69 Å². The molecule has 134 valence electrons. The van der Waals surface area contributed by atoms with Crippen molar-refractivity contribution in [1.82, 2.24) is 5.32 Å². The molecule has 1 N–H and O–H groups in total. The Hall–Kier alpha value is -3.08. The first-order valence-corrected chi connectivity index (χ1v) is 7.83. The summed E-state index contributed by atoms with van der Waals surface area (Å²) in [4.78, 5) is 25.8.